The predicted molar refractivity (Wildman–Crippen MR) is 128 cm³/mol. The van der Waals surface area contributed by atoms with E-state index in [9.17, 15) is 9.59 Å². The zero-order valence-corrected chi connectivity index (χ0v) is 18.9. The number of aryl methyl sites for hydroxylation is 1. The van der Waals surface area contributed by atoms with Gasteiger partial charge in [0, 0.05) is 10.7 Å². The van der Waals surface area contributed by atoms with Crippen molar-refractivity contribution in [3.8, 4) is 5.69 Å². The summed E-state index contributed by atoms with van der Waals surface area (Å²) in [5.41, 5.74) is 3.37. The number of nitrogens with zero attached hydrogens (tertiary/aromatic N) is 3. The molecule has 1 amide bonds. The molecule has 9 heteroatoms. The number of aromatic nitrogens is 3. The van der Waals surface area contributed by atoms with E-state index >= 15 is 0 Å². The molecule has 3 rings (SSSR count). The Morgan fingerprint density at radius 1 is 1.19 bits per heavy atom. The van der Waals surface area contributed by atoms with E-state index in [1.807, 2.05) is 47.1 Å². The smallest absolute Gasteiger partial charge is 0.291 e. The summed E-state index contributed by atoms with van der Waals surface area (Å²) in [5, 5.41) is 14.5. The van der Waals surface area contributed by atoms with Crippen LogP contribution in [-0.4, -0.2) is 40.5 Å². The van der Waals surface area contributed by atoms with Gasteiger partial charge in [-0.25, -0.2) is 4.68 Å². The molecule has 0 aliphatic carbocycles. The maximum Gasteiger partial charge on any atom is 0.291 e. The van der Waals surface area contributed by atoms with Crippen LogP contribution in [0.5, 0.6) is 0 Å². The van der Waals surface area contributed by atoms with Crippen LogP contribution in [0.1, 0.15) is 31.5 Å². The Bertz CT molecular complexity index is 1040. The van der Waals surface area contributed by atoms with Crippen molar-refractivity contribution in [2.24, 2.45) is 5.92 Å². The minimum atomic E-state index is -0.655. The number of amides is 1. The molecule has 0 saturated heterocycles. The molecule has 2 N–H and O–H groups in total. The lowest BCUT2D eigenvalue weighted by Crippen LogP contribution is -2.44. The van der Waals surface area contributed by atoms with Gasteiger partial charge >= 0.3 is 0 Å². The zero-order valence-electron chi connectivity index (χ0n) is 18.2. The van der Waals surface area contributed by atoms with Gasteiger partial charge in [0.2, 0.25) is 5.91 Å². The van der Waals surface area contributed by atoms with Crippen LogP contribution in [0.15, 0.2) is 54.7 Å². The number of benzene rings is 2. The Morgan fingerprint density at radius 3 is 2.62 bits per heavy atom. The Morgan fingerprint density at radius 2 is 1.94 bits per heavy atom. The van der Waals surface area contributed by atoms with Crippen LogP contribution >= 0.6 is 11.6 Å². The second kappa shape index (κ2) is 11.6. The molecule has 1 heterocycles. The number of hydrogen-bond acceptors (Lipinski definition) is 5. The normalized spacial score (nSPS) is 11.9. The van der Waals surface area contributed by atoms with Crippen LogP contribution in [0.25, 0.3) is 5.69 Å². The van der Waals surface area contributed by atoms with E-state index in [0.29, 0.717) is 29.2 Å². The van der Waals surface area contributed by atoms with Crippen molar-refractivity contribution < 1.29 is 9.59 Å². The second-order valence-corrected chi connectivity index (χ2v) is 8.33. The molecule has 0 spiro atoms. The maximum atomic E-state index is 12.9. The first-order valence-corrected chi connectivity index (χ1v) is 10.9. The highest BCUT2D eigenvalue weighted by Gasteiger charge is 2.20. The number of carbonyl (C=O) groups excluding carboxylic acids is 2. The van der Waals surface area contributed by atoms with Gasteiger partial charge in [0.15, 0.2) is 0 Å². The maximum absolute atomic E-state index is 12.9. The van der Waals surface area contributed by atoms with E-state index in [1.54, 1.807) is 12.3 Å². The van der Waals surface area contributed by atoms with Crippen LogP contribution in [0.3, 0.4) is 0 Å². The third-order valence-electron chi connectivity index (χ3n) is 5.04. The second-order valence-electron chi connectivity index (χ2n) is 7.92. The van der Waals surface area contributed by atoms with Gasteiger partial charge in [-0.2, -0.15) is 0 Å². The lowest BCUT2D eigenvalue weighted by Gasteiger charge is -2.18. The summed E-state index contributed by atoms with van der Waals surface area (Å²) in [7, 11) is 1.22. The minimum Gasteiger partial charge on any atom is -0.343 e. The molecule has 0 unspecified atom stereocenters. The van der Waals surface area contributed by atoms with Crippen molar-refractivity contribution >= 4 is 36.8 Å². The van der Waals surface area contributed by atoms with Crippen LogP contribution in [-0.2, 0) is 22.4 Å². The van der Waals surface area contributed by atoms with E-state index in [0.717, 1.165) is 29.8 Å². The first-order valence-electron chi connectivity index (χ1n) is 10.5. The van der Waals surface area contributed by atoms with E-state index in [2.05, 4.69) is 34.7 Å². The molecule has 165 valence electrons. The van der Waals surface area contributed by atoms with Gasteiger partial charge in [-0.3, -0.25) is 4.79 Å². The molecule has 2 aromatic carbocycles. The fourth-order valence-electron chi connectivity index (χ4n) is 3.26. The Labute approximate surface area is 193 Å². The lowest BCUT2D eigenvalue weighted by atomic mass is 9.93. The largest absolute Gasteiger partial charge is 0.343 e. The molecule has 0 saturated carbocycles. The third-order valence-corrected chi connectivity index (χ3v) is 5.41. The van der Waals surface area contributed by atoms with Gasteiger partial charge in [0.25, 0.3) is 7.41 Å². The van der Waals surface area contributed by atoms with Crippen molar-refractivity contribution in [2.45, 2.75) is 39.2 Å². The summed E-state index contributed by atoms with van der Waals surface area (Å²) in [6.45, 7) is 4.37. The van der Waals surface area contributed by atoms with E-state index in [-0.39, 0.29) is 5.91 Å². The SMILES string of the molecule is CC(C)CCc1cnnn1-c1ccc(NC(=O)[C@H](Cc2ccccc2Cl)N[B]C=O)cc1. The van der Waals surface area contributed by atoms with Gasteiger partial charge in [0.1, 0.15) is 0 Å². The average Bonchev–Trinajstić information content (AvgIpc) is 3.25. The predicted octanol–water partition coefficient (Wildman–Crippen LogP) is 3.46. The Hall–Kier alpha value is -2.97. The molecule has 1 atom stereocenters. The number of halogens is 1. The van der Waals surface area contributed by atoms with E-state index in [1.165, 1.54) is 7.41 Å². The molecule has 0 fully saturated rings. The lowest BCUT2D eigenvalue weighted by molar-refractivity contribution is -0.117. The van der Waals surface area contributed by atoms with Crippen molar-refractivity contribution in [1.29, 1.82) is 0 Å². The summed E-state index contributed by atoms with van der Waals surface area (Å²) in [6.07, 6.45) is 4.68. The van der Waals surface area contributed by atoms with Crippen molar-refractivity contribution in [1.82, 2.24) is 20.2 Å². The van der Waals surface area contributed by atoms with Crippen LogP contribution < -0.4 is 10.5 Å². The highest BCUT2D eigenvalue weighted by Crippen LogP contribution is 2.19. The number of anilines is 1. The summed E-state index contributed by atoms with van der Waals surface area (Å²) in [4.78, 5) is 23.7. The topological polar surface area (TPSA) is 88.9 Å². The van der Waals surface area contributed by atoms with Gasteiger partial charge in [-0.1, -0.05) is 48.9 Å². The molecule has 7 nitrogen and oxygen atoms in total. The molecular formula is C23H26BClN5O2. The molecule has 3 aromatic rings. The molecule has 32 heavy (non-hydrogen) atoms. The fraction of sp³-hybridized carbons (Fsp3) is 0.304. The van der Waals surface area contributed by atoms with Crippen LogP contribution in [0.4, 0.5) is 5.69 Å². The Kier molecular flexibility index (Phi) is 8.59. The van der Waals surface area contributed by atoms with Crippen molar-refractivity contribution in [3.63, 3.8) is 0 Å². The average molecular weight is 451 g/mol. The minimum absolute atomic E-state index is 0.269. The molecule has 0 aliphatic rings. The van der Waals surface area contributed by atoms with Crippen molar-refractivity contribution in [2.75, 3.05) is 5.32 Å². The van der Waals surface area contributed by atoms with Gasteiger partial charge in [-0.05, 0) is 61.1 Å². The quantitative estimate of drug-likeness (QED) is 0.345. The van der Waals surface area contributed by atoms with Crippen LogP contribution in [0.2, 0.25) is 5.02 Å². The number of carbonyl (C=O) groups is 2. The molecular weight excluding hydrogens is 425 g/mol. The highest BCUT2D eigenvalue weighted by molar-refractivity contribution is 6.64. The third kappa shape index (κ3) is 6.51. The molecule has 1 radical (unpaired) electrons. The fourth-order valence-corrected chi connectivity index (χ4v) is 3.48. The van der Waals surface area contributed by atoms with E-state index < -0.39 is 6.04 Å². The highest BCUT2D eigenvalue weighted by atomic mass is 35.5. The first-order chi connectivity index (χ1) is 15.5. The number of hydrogen-bond donors (Lipinski definition) is 2. The summed E-state index contributed by atoms with van der Waals surface area (Å²) < 4.78 is 1.81. The first kappa shape index (κ1) is 23.7. The molecule has 0 aliphatic heterocycles. The standard InChI is InChI=1S/C23H26BClN5O2/c1-16(2)7-10-20-14-26-29-30(20)19-11-8-18(9-12-19)27-23(32)22(28-24-15-31)13-17-5-3-4-6-21(17)25/h3-6,8-9,11-12,14-16,22,28H,7,10,13H2,1-2H3,(H,27,32)/t22-/m0/s1. The van der Waals surface area contributed by atoms with Crippen molar-refractivity contribution in [3.05, 3.63) is 71.0 Å². The number of nitrogens with one attached hydrogen (secondary N) is 2. The summed E-state index contributed by atoms with van der Waals surface area (Å²) in [5.74, 6) is 0.328. The number of rotatable bonds is 11. The monoisotopic (exact) mass is 450 g/mol. The summed E-state index contributed by atoms with van der Waals surface area (Å²) in [6, 6.07) is 14.1. The molecule has 1 aromatic heterocycles. The van der Waals surface area contributed by atoms with Gasteiger partial charge in [0.05, 0.1) is 29.8 Å². The van der Waals surface area contributed by atoms with E-state index in [4.69, 9.17) is 11.6 Å². The van der Waals surface area contributed by atoms with Gasteiger partial charge < -0.3 is 15.3 Å². The van der Waals surface area contributed by atoms with Gasteiger partial charge in [-0.15, -0.1) is 5.10 Å². The Balaban J connectivity index is 1.69. The summed E-state index contributed by atoms with van der Waals surface area (Å²) >= 11 is 6.23. The molecule has 0 bridgehead atoms. The zero-order chi connectivity index (χ0) is 22.9. The van der Waals surface area contributed by atoms with Crippen LogP contribution in [0, 0.1) is 5.92 Å².